The summed E-state index contributed by atoms with van der Waals surface area (Å²) in [5, 5.41) is 8.96. The molecule has 1 aliphatic rings. The number of carbonyl (C=O) groups is 1. The SMILES string of the molecule is Cc1cc([Se]C#Cc2ccc(C(=O)O)cn2)c2c(c1)C(C)(C)CCC2(C)C. The summed E-state index contributed by atoms with van der Waals surface area (Å²) in [5.41, 5.74) is 5.41. The molecule has 27 heavy (non-hydrogen) atoms. The number of nitrogens with zero attached hydrogens (tertiary/aromatic N) is 1. The number of aromatic carboxylic acids is 1. The van der Waals surface area contributed by atoms with Gasteiger partial charge in [-0.05, 0) is 0 Å². The van der Waals surface area contributed by atoms with E-state index in [-0.39, 0.29) is 31.4 Å². The van der Waals surface area contributed by atoms with E-state index in [4.69, 9.17) is 5.11 Å². The van der Waals surface area contributed by atoms with E-state index in [1.165, 1.54) is 40.2 Å². The fourth-order valence-electron chi connectivity index (χ4n) is 3.68. The third-order valence-electron chi connectivity index (χ3n) is 5.38. The molecule has 1 aromatic carbocycles. The zero-order chi connectivity index (χ0) is 19.8. The number of hydrogen-bond acceptors (Lipinski definition) is 2. The molecule has 0 saturated carbocycles. The molecule has 1 heterocycles. The Morgan fingerprint density at radius 2 is 1.85 bits per heavy atom. The minimum absolute atomic E-state index is 0.0218. The molecule has 0 radical (unpaired) electrons. The van der Waals surface area contributed by atoms with Crippen LogP contribution in [0, 0.1) is 17.7 Å². The standard InChI is InChI=1S/C23H25NO2Se/c1-15-12-18-20(23(4,5)10-9-22(18,2)3)19(13-15)27-11-8-17-7-6-16(14-24-17)21(25)26/h6-7,12-14H,9-10H2,1-5H3,(H,25,26). The average molecular weight is 426 g/mol. The van der Waals surface area contributed by atoms with Crippen molar-refractivity contribution in [2.45, 2.75) is 58.3 Å². The molecule has 0 aliphatic heterocycles. The van der Waals surface area contributed by atoms with Gasteiger partial charge in [-0.25, -0.2) is 0 Å². The van der Waals surface area contributed by atoms with Crippen LogP contribution in [0.15, 0.2) is 30.5 Å². The van der Waals surface area contributed by atoms with Crippen LogP contribution in [0.4, 0.5) is 0 Å². The number of benzene rings is 1. The molecule has 1 N–H and O–H groups in total. The van der Waals surface area contributed by atoms with Crippen LogP contribution in [0.25, 0.3) is 0 Å². The van der Waals surface area contributed by atoms with E-state index in [0.717, 1.165) is 0 Å². The van der Waals surface area contributed by atoms with Gasteiger partial charge in [-0.15, -0.1) is 0 Å². The third-order valence-corrected chi connectivity index (χ3v) is 6.94. The Kier molecular flexibility index (Phi) is 5.21. The maximum atomic E-state index is 10.9. The van der Waals surface area contributed by atoms with Crippen molar-refractivity contribution in [3.05, 3.63) is 58.4 Å². The quantitative estimate of drug-likeness (QED) is 0.588. The van der Waals surface area contributed by atoms with E-state index >= 15 is 0 Å². The molecule has 0 spiro atoms. The average Bonchev–Trinajstić information content (AvgIpc) is 2.59. The van der Waals surface area contributed by atoms with E-state index in [1.54, 1.807) is 12.1 Å². The predicted octanol–water partition coefficient (Wildman–Crippen LogP) is 3.78. The molecular formula is C23H25NO2Se. The summed E-state index contributed by atoms with van der Waals surface area (Å²) in [4.78, 5) is 18.4. The number of fused-ring (bicyclic) bond motifs is 1. The fourth-order valence-corrected chi connectivity index (χ4v) is 5.77. The van der Waals surface area contributed by atoms with Gasteiger partial charge in [-0.2, -0.15) is 0 Å². The van der Waals surface area contributed by atoms with Gasteiger partial charge in [0.05, 0.1) is 0 Å². The first-order chi connectivity index (χ1) is 12.6. The van der Waals surface area contributed by atoms with Crippen LogP contribution in [0.1, 0.15) is 73.3 Å². The number of aryl methyl sites for hydroxylation is 1. The van der Waals surface area contributed by atoms with E-state index in [2.05, 4.69) is 62.5 Å². The zero-order valence-electron chi connectivity index (χ0n) is 16.5. The van der Waals surface area contributed by atoms with Crippen LogP contribution >= 0.6 is 0 Å². The van der Waals surface area contributed by atoms with Crippen molar-refractivity contribution in [2.75, 3.05) is 0 Å². The number of aromatic nitrogens is 1. The van der Waals surface area contributed by atoms with Gasteiger partial charge >= 0.3 is 168 Å². The van der Waals surface area contributed by atoms with Crippen molar-refractivity contribution in [3.63, 3.8) is 0 Å². The van der Waals surface area contributed by atoms with Gasteiger partial charge < -0.3 is 0 Å². The van der Waals surface area contributed by atoms with Crippen LogP contribution < -0.4 is 4.46 Å². The van der Waals surface area contributed by atoms with Crippen molar-refractivity contribution < 1.29 is 9.90 Å². The Labute approximate surface area is 167 Å². The minimum atomic E-state index is -0.970. The van der Waals surface area contributed by atoms with Crippen molar-refractivity contribution in [1.82, 2.24) is 4.98 Å². The van der Waals surface area contributed by atoms with Gasteiger partial charge in [-0.1, -0.05) is 0 Å². The van der Waals surface area contributed by atoms with Gasteiger partial charge in [0.1, 0.15) is 0 Å². The first-order valence-corrected chi connectivity index (χ1v) is 10.8. The predicted molar refractivity (Wildman–Crippen MR) is 110 cm³/mol. The van der Waals surface area contributed by atoms with Gasteiger partial charge in [0, 0.05) is 0 Å². The second kappa shape index (κ2) is 7.15. The normalized spacial score (nSPS) is 16.8. The number of pyridine rings is 1. The van der Waals surface area contributed by atoms with E-state index in [9.17, 15) is 4.79 Å². The summed E-state index contributed by atoms with van der Waals surface area (Å²) in [7, 11) is 0. The Hall–Kier alpha value is -2.08. The third kappa shape index (κ3) is 4.10. The molecular weight excluding hydrogens is 401 g/mol. The summed E-state index contributed by atoms with van der Waals surface area (Å²) < 4.78 is 1.37. The van der Waals surface area contributed by atoms with Crippen LogP contribution in [0.3, 0.4) is 0 Å². The zero-order valence-corrected chi connectivity index (χ0v) is 18.2. The van der Waals surface area contributed by atoms with Gasteiger partial charge in [0.25, 0.3) is 0 Å². The Morgan fingerprint density at radius 1 is 1.15 bits per heavy atom. The van der Waals surface area contributed by atoms with Crippen molar-refractivity contribution in [3.8, 4) is 10.7 Å². The number of rotatable bonds is 2. The fraction of sp³-hybridized carbons (Fsp3) is 0.391. The maximum absolute atomic E-state index is 10.9. The van der Waals surface area contributed by atoms with Crippen LogP contribution in [-0.4, -0.2) is 31.0 Å². The van der Waals surface area contributed by atoms with Crippen molar-refractivity contribution in [1.29, 1.82) is 0 Å². The molecule has 1 aliphatic carbocycles. The molecule has 0 fully saturated rings. The molecule has 0 amide bonds. The Bertz CT molecular complexity index is 947. The van der Waals surface area contributed by atoms with E-state index < -0.39 is 5.97 Å². The van der Waals surface area contributed by atoms with Crippen LogP contribution in [-0.2, 0) is 10.8 Å². The molecule has 140 valence electrons. The topological polar surface area (TPSA) is 50.2 Å². The molecule has 1 aromatic heterocycles. The summed E-state index contributed by atoms with van der Waals surface area (Å²) in [6.45, 7) is 11.5. The molecule has 2 aromatic rings. The second-order valence-electron chi connectivity index (χ2n) is 8.52. The number of hydrogen-bond donors (Lipinski definition) is 1. The summed E-state index contributed by atoms with van der Waals surface area (Å²) in [6, 6.07) is 7.87. The molecule has 4 heteroatoms. The Morgan fingerprint density at radius 3 is 2.48 bits per heavy atom. The van der Waals surface area contributed by atoms with Crippen molar-refractivity contribution in [2.24, 2.45) is 0 Å². The summed E-state index contributed by atoms with van der Waals surface area (Å²) in [5.74, 6) is 2.14. The summed E-state index contributed by atoms with van der Waals surface area (Å²) >= 11 is 0.0218. The first-order valence-electron chi connectivity index (χ1n) is 9.13. The molecule has 0 unspecified atom stereocenters. The molecule has 0 saturated heterocycles. The van der Waals surface area contributed by atoms with Gasteiger partial charge in [0.2, 0.25) is 0 Å². The molecule has 0 bridgehead atoms. The van der Waals surface area contributed by atoms with Crippen LogP contribution in [0.2, 0.25) is 0 Å². The van der Waals surface area contributed by atoms with Gasteiger partial charge in [0.15, 0.2) is 0 Å². The summed E-state index contributed by atoms with van der Waals surface area (Å²) in [6.07, 6.45) is 3.75. The molecule has 3 rings (SSSR count). The number of carboxylic acids is 1. The second-order valence-corrected chi connectivity index (χ2v) is 10.3. The van der Waals surface area contributed by atoms with Crippen molar-refractivity contribution >= 4 is 25.4 Å². The monoisotopic (exact) mass is 427 g/mol. The molecule has 0 atom stereocenters. The van der Waals surface area contributed by atoms with Crippen LogP contribution in [0.5, 0.6) is 0 Å². The van der Waals surface area contributed by atoms with E-state index in [1.807, 2.05) is 0 Å². The van der Waals surface area contributed by atoms with Gasteiger partial charge in [-0.3, -0.25) is 0 Å². The first kappa shape index (κ1) is 19.7. The molecule has 3 nitrogen and oxygen atoms in total. The number of carboxylic acid groups (broad SMARTS) is 1. The Balaban J connectivity index is 1.95. The van der Waals surface area contributed by atoms with E-state index in [0.29, 0.717) is 5.69 Å².